The Morgan fingerprint density at radius 2 is 0.481 bits per heavy atom. The Labute approximate surface area is 341 Å². The van der Waals surface area contributed by atoms with Gasteiger partial charge in [0, 0.05) is 0 Å². The number of aromatic nitrogens is 4. The zero-order valence-electron chi connectivity index (χ0n) is 27.7. The molecule has 4 nitrogen and oxygen atoms in total. The Bertz CT molecular complexity index is 1530. The predicted molar refractivity (Wildman–Crippen MR) is 212 cm³/mol. The van der Waals surface area contributed by atoms with Crippen molar-refractivity contribution in [2.75, 3.05) is 0 Å². The van der Waals surface area contributed by atoms with E-state index in [0.717, 1.165) is 45.0 Å². The molecule has 0 atom stereocenters. The van der Waals surface area contributed by atoms with E-state index < -0.39 is 0 Å². The first-order chi connectivity index (χ1) is 25.9. The predicted octanol–water partition coefficient (Wildman–Crippen LogP) is 11.9. The summed E-state index contributed by atoms with van der Waals surface area (Å²) >= 11 is 9.50. The largest absolute Gasteiger partial charge is 0.296 e. The fourth-order valence-corrected chi connectivity index (χ4v) is 4.40. The van der Waals surface area contributed by atoms with Crippen LogP contribution in [0.2, 0.25) is 0 Å². The van der Waals surface area contributed by atoms with Crippen LogP contribution in [-0.4, -0.2) is 19.9 Å². The van der Waals surface area contributed by atoms with Gasteiger partial charge in [-0.25, -0.2) is 48.5 Å². The summed E-state index contributed by atoms with van der Waals surface area (Å²) in [5, 5.41) is 0. The van der Waals surface area contributed by atoms with Crippen LogP contribution in [-0.2, 0) is 33.8 Å². The van der Waals surface area contributed by atoms with Gasteiger partial charge in [-0.1, -0.05) is 146 Å². The Morgan fingerprint density at radius 1 is 0.288 bits per heavy atom. The smallest absolute Gasteiger partial charge is 0.0119 e. The van der Waals surface area contributed by atoms with E-state index in [1.54, 1.807) is 24.8 Å². The van der Waals surface area contributed by atoms with Gasteiger partial charge >= 0.3 is 60.8 Å². The Kier molecular flexibility index (Phi) is 22.2. The van der Waals surface area contributed by atoms with E-state index in [1.165, 1.54) is 0 Å². The standard InChI is InChI=1S/4C11H8N.2BrH.2Ir/c4*1-2-6-10(7-3-1)11-8-4-5-9-12-11;;;;/h4*1-4,6-9H;2*1H;;/q4*-1;;;2*+3/p-2. The molecule has 0 aliphatic heterocycles. The van der Waals surface area contributed by atoms with Gasteiger partial charge in [0.05, 0.1) is 0 Å². The van der Waals surface area contributed by atoms with Crippen molar-refractivity contribution >= 4 is 27.0 Å². The molecule has 52 heavy (non-hydrogen) atoms. The minimum atomic E-state index is 0.995. The van der Waals surface area contributed by atoms with Gasteiger partial charge in [0.25, 0.3) is 0 Å². The monoisotopic (exact) mass is 1160 g/mol. The molecular weight excluding hydrogens is 1130 g/mol. The fraction of sp³-hybridized carbons (Fsp3) is 0. The Morgan fingerprint density at radius 3 is 0.635 bits per heavy atom. The molecule has 8 aromatic rings. The molecule has 0 aliphatic rings. The second kappa shape index (κ2) is 27.4. The van der Waals surface area contributed by atoms with Crippen LogP contribution >= 0.6 is 27.0 Å². The molecule has 0 fully saturated rings. The number of rotatable bonds is 4. The molecule has 0 saturated heterocycles. The third-order valence-corrected chi connectivity index (χ3v) is 6.74. The summed E-state index contributed by atoms with van der Waals surface area (Å²) in [6, 6.07) is 67.3. The second-order valence-corrected chi connectivity index (χ2v) is 10.0. The first-order valence-electron chi connectivity index (χ1n) is 15.6. The Hall–Kier alpha value is -4.26. The van der Waals surface area contributed by atoms with Crippen molar-refractivity contribution in [2.24, 2.45) is 0 Å². The zero-order chi connectivity index (χ0) is 36.9. The molecule has 8 rings (SSSR count). The molecule has 4 aromatic heterocycles. The Balaban J connectivity index is 0.000000181. The maximum absolute atomic E-state index is 4.19. The molecular formula is C44H32Br2Ir2N4. The molecule has 8 heteroatoms. The average Bonchev–Trinajstić information content (AvgIpc) is 3.28. The van der Waals surface area contributed by atoms with Gasteiger partial charge in [-0.05, 0) is 45.0 Å². The van der Waals surface area contributed by atoms with Crippen LogP contribution < -0.4 is 0 Å². The minimum absolute atomic E-state index is 0.995. The van der Waals surface area contributed by atoms with Gasteiger partial charge < -0.3 is 0 Å². The van der Waals surface area contributed by atoms with Gasteiger partial charge in [-0.3, -0.25) is 19.9 Å². The molecule has 0 saturated carbocycles. The molecule has 4 heterocycles. The number of nitrogens with zero attached hydrogens (tertiary/aromatic N) is 4. The summed E-state index contributed by atoms with van der Waals surface area (Å²) in [5.41, 5.74) is 8.56. The number of hydrogen-bond donors (Lipinski definition) is 0. The molecule has 0 unspecified atom stereocenters. The summed E-state index contributed by atoms with van der Waals surface area (Å²) in [5.74, 6) is 0. The minimum Gasteiger partial charge on any atom is -0.296 e. The number of hydrogen-bond acceptors (Lipinski definition) is 4. The van der Waals surface area contributed by atoms with Crippen LogP contribution in [0, 0.1) is 24.3 Å². The average molecular weight is 1160 g/mol. The van der Waals surface area contributed by atoms with Crippen molar-refractivity contribution in [3.63, 3.8) is 0 Å². The van der Waals surface area contributed by atoms with Crippen molar-refractivity contribution in [2.45, 2.75) is 0 Å². The SMILES string of the molecule is [Br][Ir+2].[Br][Ir+2].[c-]1ccc(-c2ccccc2)nc1.[c-]1ccc(-c2ccccc2)nc1.[c-]1ccc(-c2ccccc2)nc1.[c-]1ccc(-c2ccccc2)nc1. The van der Waals surface area contributed by atoms with Crippen molar-refractivity contribution in [3.05, 3.63) is 219 Å². The van der Waals surface area contributed by atoms with Crippen LogP contribution in [0.15, 0.2) is 195 Å². The van der Waals surface area contributed by atoms with Crippen LogP contribution in [0.5, 0.6) is 0 Å². The van der Waals surface area contributed by atoms with Crippen molar-refractivity contribution < 1.29 is 33.8 Å². The fourth-order valence-electron chi connectivity index (χ4n) is 4.40. The van der Waals surface area contributed by atoms with Crippen molar-refractivity contribution in [1.29, 1.82) is 0 Å². The van der Waals surface area contributed by atoms with Crippen LogP contribution in [0.1, 0.15) is 0 Å². The van der Waals surface area contributed by atoms with E-state index >= 15 is 0 Å². The van der Waals surface area contributed by atoms with Gasteiger partial charge in [-0.15, -0.1) is 0 Å². The summed E-state index contributed by atoms with van der Waals surface area (Å²) in [7, 11) is 0. The third-order valence-electron chi connectivity index (χ3n) is 6.74. The van der Waals surface area contributed by atoms with Gasteiger partial charge in [0.15, 0.2) is 0 Å². The first kappa shape index (κ1) is 42.2. The maximum Gasteiger partial charge on any atom is -0.0119 e. The van der Waals surface area contributed by atoms with Crippen LogP contribution in [0.4, 0.5) is 0 Å². The van der Waals surface area contributed by atoms with Gasteiger partial charge in [-0.2, -0.15) is 24.3 Å². The molecule has 0 bridgehead atoms. The molecule has 0 N–H and O–H groups in total. The van der Waals surface area contributed by atoms with E-state index in [2.05, 4.69) is 71.2 Å². The molecule has 0 amide bonds. The van der Waals surface area contributed by atoms with Crippen LogP contribution in [0.3, 0.4) is 0 Å². The van der Waals surface area contributed by atoms with E-state index in [9.17, 15) is 0 Å². The first-order valence-corrected chi connectivity index (χ1v) is 26.1. The van der Waals surface area contributed by atoms with E-state index in [4.69, 9.17) is 0 Å². The van der Waals surface area contributed by atoms with E-state index in [0.29, 0.717) is 0 Å². The third kappa shape index (κ3) is 16.0. The maximum atomic E-state index is 4.19. The molecule has 260 valence electrons. The van der Waals surface area contributed by atoms with Crippen LogP contribution in [0.25, 0.3) is 45.0 Å². The second-order valence-electron chi connectivity index (χ2n) is 10.0. The molecule has 0 spiro atoms. The van der Waals surface area contributed by atoms with Gasteiger partial charge in [0.2, 0.25) is 0 Å². The topological polar surface area (TPSA) is 51.6 Å². The molecule has 0 radical (unpaired) electrons. The number of pyridine rings is 4. The van der Waals surface area contributed by atoms with Gasteiger partial charge in [0.1, 0.15) is 0 Å². The number of halogens is 2. The summed E-state index contributed by atoms with van der Waals surface area (Å²) in [6.45, 7) is 0. The van der Waals surface area contributed by atoms with Crippen molar-refractivity contribution in [1.82, 2.24) is 19.9 Å². The summed E-state index contributed by atoms with van der Waals surface area (Å²) < 4.78 is 0. The number of benzene rings is 4. The van der Waals surface area contributed by atoms with Crippen molar-refractivity contribution in [3.8, 4) is 45.0 Å². The molecule has 4 aromatic carbocycles. The van der Waals surface area contributed by atoms with E-state index in [-0.39, 0.29) is 0 Å². The summed E-state index contributed by atoms with van der Waals surface area (Å²) in [6.07, 6.45) is 6.73. The molecule has 0 aliphatic carbocycles. The quantitative estimate of drug-likeness (QED) is 0.165. The van der Waals surface area contributed by atoms with E-state index in [1.807, 2.05) is 204 Å². The normalized spacial score (nSPS) is 9.15. The zero-order valence-corrected chi connectivity index (χ0v) is 35.6. The summed E-state index contributed by atoms with van der Waals surface area (Å²) in [4.78, 5) is 16.8.